The van der Waals surface area contributed by atoms with Crippen LogP contribution in [0.4, 0.5) is 0 Å². The van der Waals surface area contributed by atoms with E-state index in [0.29, 0.717) is 24.4 Å². The number of aromatic nitrogens is 1. The number of amides is 1. The SMILES string of the molecule is CCC1CCN(C(=O)c2ccncc2Cl)C(C(=O)O)C1. The normalized spacial score (nSPS) is 22.6. The van der Waals surface area contributed by atoms with Gasteiger partial charge in [0.05, 0.1) is 10.6 Å². The minimum Gasteiger partial charge on any atom is -0.480 e. The second-order valence-corrected chi connectivity index (χ2v) is 5.41. The van der Waals surface area contributed by atoms with Crippen molar-refractivity contribution in [1.82, 2.24) is 9.88 Å². The van der Waals surface area contributed by atoms with Crippen LogP contribution in [-0.4, -0.2) is 39.5 Å². The van der Waals surface area contributed by atoms with Crippen LogP contribution in [0.2, 0.25) is 5.02 Å². The fourth-order valence-corrected chi connectivity index (χ4v) is 2.79. The number of nitrogens with zero attached hydrogens (tertiary/aromatic N) is 2. The molecule has 1 aromatic rings. The van der Waals surface area contributed by atoms with Crippen LogP contribution in [0.3, 0.4) is 0 Å². The summed E-state index contributed by atoms with van der Waals surface area (Å²) in [7, 11) is 0. The summed E-state index contributed by atoms with van der Waals surface area (Å²) in [6.45, 7) is 2.49. The van der Waals surface area contributed by atoms with Crippen LogP contribution in [0.15, 0.2) is 18.5 Å². The Morgan fingerprint density at radius 3 is 2.90 bits per heavy atom. The minimum atomic E-state index is -0.957. The summed E-state index contributed by atoms with van der Waals surface area (Å²) in [4.78, 5) is 29.1. The van der Waals surface area contributed by atoms with Gasteiger partial charge in [-0.15, -0.1) is 0 Å². The van der Waals surface area contributed by atoms with E-state index in [9.17, 15) is 14.7 Å². The van der Waals surface area contributed by atoms with E-state index in [-0.39, 0.29) is 10.9 Å². The maximum atomic E-state index is 12.5. The third-order valence-electron chi connectivity index (χ3n) is 3.84. The number of rotatable bonds is 3. The number of carbonyl (C=O) groups is 2. The molecule has 1 fully saturated rings. The van der Waals surface area contributed by atoms with Gasteiger partial charge in [0.2, 0.25) is 0 Å². The van der Waals surface area contributed by atoms with Gasteiger partial charge in [-0.1, -0.05) is 24.9 Å². The van der Waals surface area contributed by atoms with Gasteiger partial charge in [-0.3, -0.25) is 9.78 Å². The first kappa shape index (κ1) is 14.8. The molecule has 0 radical (unpaired) electrons. The number of carbonyl (C=O) groups excluding carboxylic acids is 1. The first-order chi connectivity index (χ1) is 9.54. The Hall–Kier alpha value is -1.62. The van der Waals surface area contributed by atoms with Crippen LogP contribution in [0.5, 0.6) is 0 Å². The van der Waals surface area contributed by atoms with E-state index in [1.165, 1.54) is 23.4 Å². The molecule has 2 heterocycles. The molecule has 20 heavy (non-hydrogen) atoms. The van der Waals surface area contributed by atoms with Crippen molar-refractivity contribution >= 4 is 23.5 Å². The molecule has 1 aromatic heterocycles. The molecule has 0 aliphatic carbocycles. The minimum absolute atomic E-state index is 0.249. The van der Waals surface area contributed by atoms with Crippen molar-refractivity contribution in [2.24, 2.45) is 5.92 Å². The van der Waals surface area contributed by atoms with E-state index in [0.717, 1.165) is 12.8 Å². The number of carboxylic acids is 1. The molecule has 2 atom stereocenters. The Labute approximate surface area is 122 Å². The van der Waals surface area contributed by atoms with Gasteiger partial charge >= 0.3 is 5.97 Å². The van der Waals surface area contributed by atoms with Crippen LogP contribution < -0.4 is 0 Å². The molecule has 0 saturated carbocycles. The summed E-state index contributed by atoms with van der Waals surface area (Å²) in [6, 6.07) is 0.751. The molecule has 1 aliphatic rings. The zero-order chi connectivity index (χ0) is 14.7. The largest absolute Gasteiger partial charge is 0.480 e. The summed E-state index contributed by atoms with van der Waals surface area (Å²) in [6.07, 6.45) is 5.13. The monoisotopic (exact) mass is 296 g/mol. The quantitative estimate of drug-likeness (QED) is 0.930. The van der Waals surface area contributed by atoms with E-state index < -0.39 is 12.0 Å². The van der Waals surface area contributed by atoms with Gasteiger partial charge in [0.25, 0.3) is 5.91 Å². The van der Waals surface area contributed by atoms with Crippen molar-refractivity contribution in [3.63, 3.8) is 0 Å². The Bertz CT molecular complexity index is 521. The highest BCUT2D eigenvalue weighted by Gasteiger charge is 2.36. The maximum Gasteiger partial charge on any atom is 0.326 e. The van der Waals surface area contributed by atoms with Crippen LogP contribution in [0, 0.1) is 5.92 Å². The zero-order valence-electron chi connectivity index (χ0n) is 11.3. The number of aliphatic carboxylic acids is 1. The van der Waals surface area contributed by atoms with Crippen molar-refractivity contribution in [2.45, 2.75) is 32.2 Å². The van der Waals surface area contributed by atoms with Crippen LogP contribution in [-0.2, 0) is 4.79 Å². The van der Waals surface area contributed by atoms with E-state index in [1.807, 2.05) is 6.92 Å². The maximum absolute atomic E-state index is 12.5. The topological polar surface area (TPSA) is 70.5 Å². The fraction of sp³-hybridized carbons (Fsp3) is 0.500. The van der Waals surface area contributed by atoms with E-state index in [4.69, 9.17) is 11.6 Å². The van der Waals surface area contributed by atoms with E-state index in [1.54, 1.807) is 0 Å². The lowest BCUT2D eigenvalue weighted by Crippen LogP contribution is -2.50. The molecular weight excluding hydrogens is 280 g/mol. The average molecular weight is 297 g/mol. The smallest absolute Gasteiger partial charge is 0.326 e. The molecule has 6 heteroatoms. The second-order valence-electron chi connectivity index (χ2n) is 5.01. The second kappa shape index (κ2) is 6.22. The van der Waals surface area contributed by atoms with Crippen LogP contribution in [0.1, 0.15) is 36.5 Å². The van der Waals surface area contributed by atoms with Crippen LogP contribution >= 0.6 is 11.6 Å². The molecule has 0 aromatic carbocycles. The molecule has 0 spiro atoms. The Kier molecular flexibility index (Phi) is 4.60. The number of hydrogen-bond acceptors (Lipinski definition) is 3. The number of hydrogen-bond donors (Lipinski definition) is 1. The third kappa shape index (κ3) is 2.93. The molecule has 2 rings (SSSR count). The Balaban J connectivity index is 2.24. The summed E-state index contributed by atoms with van der Waals surface area (Å²) in [5, 5.41) is 9.60. The lowest BCUT2D eigenvalue weighted by Gasteiger charge is -2.37. The molecular formula is C14H17ClN2O3. The van der Waals surface area contributed by atoms with E-state index >= 15 is 0 Å². The summed E-state index contributed by atoms with van der Waals surface area (Å²) in [5.74, 6) is -0.936. The van der Waals surface area contributed by atoms with Gasteiger partial charge < -0.3 is 10.0 Å². The lowest BCUT2D eigenvalue weighted by molar-refractivity contribution is -0.144. The molecule has 108 valence electrons. The third-order valence-corrected chi connectivity index (χ3v) is 4.14. The number of likely N-dealkylation sites (tertiary alicyclic amines) is 1. The Morgan fingerprint density at radius 2 is 2.30 bits per heavy atom. The molecule has 1 saturated heterocycles. The van der Waals surface area contributed by atoms with Crippen LogP contribution in [0.25, 0.3) is 0 Å². The number of pyridine rings is 1. The van der Waals surface area contributed by atoms with Gasteiger partial charge in [0.15, 0.2) is 0 Å². The number of halogens is 1. The summed E-state index contributed by atoms with van der Waals surface area (Å²) < 4.78 is 0. The average Bonchev–Trinajstić information content (AvgIpc) is 2.46. The molecule has 1 aliphatic heterocycles. The van der Waals surface area contributed by atoms with Crippen molar-refractivity contribution < 1.29 is 14.7 Å². The van der Waals surface area contributed by atoms with E-state index in [2.05, 4.69) is 4.98 Å². The predicted molar refractivity (Wildman–Crippen MR) is 74.7 cm³/mol. The summed E-state index contributed by atoms with van der Waals surface area (Å²) >= 11 is 5.96. The van der Waals surface area contributed by atoms with Gasteiger partial charge in [-0.25, -0.2) is 4.79 Å². The standard InChI is InChI=1S/C14H17ClN2O3/c1-2-9-4-6-17(12(7-9)14(19)20)13(18)10-3-5-16-8-11(10)15/h3,5,8-9,12H,2,4,6-7H2,1H3,(H,19,20). The Morgan fingerprint density at radius 1 is 1.55 bits per heavy atom. The predicted octanol–water partition coefficient (Wildman–Crippen LogP) is 2.45. The molecule has 1 amide bonds. The first-order valence-corrected chi connectivity index (χ1v) is 7.05. The lowest BCUT2D eigenvalue weighted by atomic mass is 9.88. The van der Waals surface area contributed by atoms with Gasteiger partial charge in [0.1, 0.15) is 6.04 Å². The molecule has 0 bridgehead atoms. The zero-order valence-corrected chi connectivity index (χ0v) is 12.0. The highest BCUT2D eigenvalue weighted by Crippen LogP contribution is 2.28. The van der Waals surface area contributed by atoms with Crippen molar-refractivity contribution in [2.75, 3.05) is 6.54 Å². The summed E-state index contributed by atoms with van der Waals surface area (Å²) in [5.41, 5.74) is 0.308. The molecule has 5 nitrogen and oxygen atoms in total. The number of carboxylic acid groups (broad SMARTS) is 1. The van der Waals surface area contributed by atoms with Crippen molar-refractivity contribution in [3.05, 3.63) is 29.0 Å². The molecule has 1 N–H and O–H groups in total. The molecule has 2 unspecified atom stereocenters. The van der Waals surface area contributed by atoms with Crippen molar-refractivity contribution in [3.8, 4) is 0 Å². The number of piperidine rings is 1. The van der Waals surface area contributed by atoms with Crippen molar-refractivity contribution in [1.29, 1.82) is 0 Å². The highest BCUT2D eigenvalue weighted by molar-refractivity contribution is 6.33. The van der Waals surface area contributed by atoms with Gasteiger partial charge in [-0.2, -0.15) is 0 Å². The fourth-order valence-electron chi connectivity index (χ4n) is 2.59. The van der Waals surface area contributed by atoms with Gasteiger partial charge in [-0.05, 0) is 24.8 Å². The highest BCUT2D eigenvalue weighted by atomic mass is 35.5. The first-order valence-electron chi connectivity index (χ1n) is 6.67. The van der Waals surface area contributed by atoms with Gasteiger partial charge in [0, 0.05) is 18.9 Å².